The highest BCUT2D eigenvalue weighted by atomic mass is 32.2. The number of aromatic nitrogens is 2. The molecule has 0 radical (unpaired) electrons. The summed E-state index contributed by atoms with van der Waals surface area (Å²) in [5.41, 5.74) is 2.94. The molecule has 0 saturated carbocycles. The molecular formula is C22H27N5O3S. The number of sulfonamides is 1. The van der Waals surface area contributed by atoms with Gasteiger partial charge in [0.1, 0.15) is 0 Å². The number of anilines is 1. The predicted molar refractivity (Wildman–Crippen MR) is 117 cm³/mol. The molecule has 9 heteroatoms. The summed E-state index contributed by atoms with van der Waals surface area (Å²) >= 11 is 0. The van der Waals surface area contributed by atoms with Gasteiger partial charge in [-0.3, -0.25) is 4.79 Å². The maximum absolute atomic E-state index is 12.9. The minimum Gasteiger partial charge on any atom is -0.352 e. The molecule has 1 amide bonds. The van der Waals surface area contributed by atoms with E-state index in [2.05, 4.69) is 21.2 Å². The molecule has 0 spiro atoms. The van der Waals surface area contributed by atoms with Crippen LogP contribution in [0.15, 0.2) is 35.2 Å². The minimum absolute atomic E-state index is 0.0650. The molecule has 2 aromatic rings. The average molecular weight is 442 g/mol. The third kappa shape index (κ3) is 3.92. The van der Waals surface area contributed by atoms with E-state index in [9.17, 15) is 13.2 Å². The predicted octanol–water partition coefficient (Wildman–Crippen LogP) is 1.71. The summed E-state index contributed by atoms with van der Waals surface area (Å²) in [6.07, 6.45) is 5.04. The Labute approximate surface area is 182 Å². The largest absolute Gasteiger partial charge is 0.352 e. The van der Waals surface area contributed by atoms with Crippen molar-refractivity contribution >= 4 is 21.7 Å². The zero-order chi connectivity index (χ0) is 21.4. The van der Waals surface area contributed by atoms with Gasteiger partial charge in [0.15, 0.2) is 5.82 Å². The summed E-state index contributed by atoms with van der Waals surface area (Å²) in [7, 11) is -3.46. The zero-order valence-electron chi connectivity index (χ0n) is 17.5. The lowest BCUT2D eigenvalue weighted by Crippen LogP contribution is -2.49. The number of hydrogen-bond donors (Lipinski definition) is 0. The summed E-state index contributed by atoms with van der Waals surface area (Å²) < 4.78 is 26.9. The molecular weight excluding hydrogens is 414 g/mol. The molecule has 0 atom stereocenters. The smallest absolute Gasteiger partial charge is 0.253 e. The number of hydrogen-bond acceptors (Lipinski definition) is 6. The van der Waals surface area contributed by atoms with Gasteiger partial charge in [-0.1, -0.05) is 0 Å². The van der Waals surface area contributed by atoms with Gasteiger partial charge in [-0.05, 0) is 68.0 Å². The van der Waals surface area contributed by atoms with E-state index < -0.39 is 10.0 Å². The Morgan fingerprint density at radius 3 is 2.26 bits per heavy atom. The van der Waals surface area contributed by atoms with Crippen LogP contribution < -0.4 is 4.90 Å². The Morgan fingerprint density at radius 2 is 1.55 bits per heavy atom. The first kappa shape index (κ1) is 20.4. The highest BCUT2D eigenvalue weighted by molar-refractivity contribution is 7.89. The van der Waals surface area contributed by atoms with E-state index in [1.165, 1.54) is 9.87 Å². The van der Waals surface area contributed by atoms with Crippen LogP contribution in [0.5, 0.6) is 0 Å². The fraction of sp³-hybridized carbons (Fsp3) is 0.500. The van der Waals surface area contributed by atoms with Crippen molar-refractivity contribution in [1.82, 2.24) is 19.4 Å². The first-order valence-electron chi connectivity index (χ1n) is 11.0. The van der Waals surface area contributed by atoms with Gasteiger partial charge in [-0.25, -0.2) is 8.42 Å². The number of benzene rings is 1. The normalized spacial score (nSPS) is 19.6. The van der Waals surface area contributed by atoms with E-state index >= 15 is 0 Å². The zero-order valence-corrected chi connectivity index (χ0v) is 18.4. The van der Waals surface area contributed by atoms with Crippen molar-refractivity contribution in [3.8, 4) is 0 Å². The minimum atomic E-state index is -3.46. The number of rotatable bonds is 4. The molecule has 3 aliphatic rings. The monoisotopic (exact) mass is 441 g/mol. The Balaban J connectivity index is 1.22. The third-order valence-electron chi connectivity index (χ3n) is 6.50. The fourth-order valence-corrected chi connectivity index (χ4v) is 6.16. The molecule has 3 heterocycles. The van der Waals surface area contributed by atoms with E-state index in [4.69, 9.17) is 0 Å². The highest BCUT2D eigenvalue weighted by Gasteiger charge is 2.28. The van der Waals surface area contributed by atoms with E-state index in [0.717, 1.165) is 43.6 Å². The van der Waals surface area contributed by atoms with E-state index in [0.29, 0.717) is 44.8 Å². The fourth-order valence-electron chi connectivity index (χ4n) is 4.64. The molecule has 2 saturated heterocycles. The summed E-state index contributed by atoms with van der Waals surface area (Å²) in [6.45, 7) is 3.77. The quantitative estimate of drug-likeness (QED) is 0.718. The molecule has 1 aromatic carbocycles. The highest BCUT2D eigenvalue weighted by Crippen LogP contribution is 2.24. The van der Waals surface area contributed by atoms with Crippen LogP contribution in [0.1, 0.15) is 40.9 Å². The second kappa shape index (κ2) is 8.20. The van der Waals surface area contributed by atoms with Gasteiger partial charge >= 0.3 is 0 Å². The first-order valence-corrected chi connectivity index (χ1v) is 12.5. The Bertz CT molecular complexity index is 1070. The Hall–Kier alpha value is -2.52. The lowest BCUT2D eigenvalue weighted by atomic mass is 10.1. The van der Waals surface area contributed by atoms with Gasteiger partial charge in [0.2, 0.25) is 10.0 Å². The van der Waals surface area contributed by atoms with Crippen molar-refractivity contribution in [2.24, 2.45) is 0 Å². The molecule has 8 nitrogen and oxygen atoms in total. The Morgan fingerprint density at radius 1 is 0.839 bits per heavy atom. The molecule has 2 aliphatic heterocycles. The van der Waals surface area contributed by atoms with Crippen LogP contribution in [0.3, 0.4) is 0 Å². The van der Waals surface area contributed by atoms with Gasteiger partial charge in [0.05, 0.1) is 10.6 Å². The van der Waals surface area contributed by atoms with Gasteiger partial charge in [-0.2, -0.15) is 9.40 Å². The van der Waals surface area contributed by atoms with Crippen LogP contribution in [-0.2, 0) is 22.9 Å². The van der Waals surface area contributed by atoms with Crippen molar-refractivity contribution in [2.45, 2.75) is 37.0 Å². The van der Waals surface area contributed by atoms with E-state index in [1.54, 1.807) is 24.3 Å². The van der Waals surface area contributed by atoms with Gasteiger partial charge in [0, 0.05) is 44.8 Å². The SMILES string of the molecule is O=C(c1ccc(S(=O)(=O)N2CCCC2)cc1)N1CCN(c2cc3c(nn2)CCC3)CC1. The standard InChI is InChI=1S/C22H27N5O3S/c28-22(17-6-8-19(9-7-17)31(29,30)27-10-1-2-11-27)26-14-12-25(13-15-26)21-16-18-4-3-5-20(18)23-24-21/h6-9,16H,1-5,10-15H2. The van der Waals surface area contributed by atoms with Gasteiger partial charge < -0.3 is 9.80 Å². The van der Waals surface area contributed by atoms with E-state index in [-0.39, 0.29) is 10.8 Å². The molecule has 1 aliphatic carbocycles. The third-order valence-corrected chi connectivity index (χ3v) is 8.41. The summed E-state index contributed by atoms with van der Waals surface area (Å²) in [6, 6.07) is 8.51. The van der Waals surface area contributed by atoms with Crippen LogP contribution in [0, 0.1) is 0 Å². The van der Waals surface area contributed by atoms with Crippen LogP contribution in [0.2, 0.25) is 0 Å². The molecule has 0 unspecified atom stereocenters. The average Bonchev–Trinajstić information content (AvgIpc) is 3.51. The van der Waals surface area contributed by atoms with Crippen molar-refractivity contribution < 1.29 is 13.2 Å². The number of amides is 1. The van der Waals surface area contributed by atoms with Crippen molar-refractivity contribution in [3.05, 3.63) is 47.2 Å². The Kier molecular flexibility index (Phi) is 5.39. The van der Waals surface area contributed by atoms with Crippen LogP contribution in [0.4, 0.5) is 5.82 Å². The topological polar surface area (TPSA) is 86.7 Å². The number of aryl methyl sites for hydroxylation is 2. The van der Waals surface area contributed by atoms with Crippen molar-refractivity contribution in [3.63, 3.8) is 0 Å². The maximum atomic E-state index is 12.9. The summed E-state index contributed by atoms with van der Waals surface area (Å²) in [5, 5.41) is 8.75. The first-order chi connectivity index (χ1) is 15.0. The number of piperazine rings is 1. The van der Waals surface area contributed by atoms with Crippen LogP contribution in [-0.4, -0.2) is 73.0 Å². The van der Waals surface area contributed by atoms with E-state index in [1.807, 2.05) is 4.90 Å². The molecule has 0 N–H and O–H groups in total. The molecule has 1 aromatic heterocycles. The van der Waals surface area contributed by atoms with Crippen LogP contribution >= 0.6 is 0 Å². The molecule has 31 heavy (non-hydrogen) atoms. The lowest BCUT2D eigenvalue weighted by Gasteiger charge is -2.35. The van der Waals surface area contributed by atoms with Gasteiger partial charge in [0.25, 0.3) is 5.91 Å². The maximum Gasteiger partial charge on any atom is 0.253 e. The van der Waals surface area contributed by atoms with Crippen molar-refractivity contribution in [1.29, 1.82) is 0 Å². The second-order valence-corrected chi connectivity index (χ2v) is 10.4. The molecule has 0 bridgehead atoms. The molecule has 164 valence electrons. The number of carbonyl (C=O) groups excluding carboxylic acids is 1. The van der Waals surface area contributed by atoms with Crippen molar-refractivity contribution in [2.75, 3.05) is 44.2 Å². The summed E-state index contributed by atoms with van der Waals surface area (Å²) in [4.78, 5) is 17.2. The molecule has 2 fully saturated rings. The van der Waals surface area contributed by atoms with Gasteiger partial charge in [-0.15, -0.1) is 5.10 Å². The number of fused-ring (bicyclic) bond motifs is 1. The lowest BCUT2D eigenvalue weighted by molar-refractivity contribution is 0.0746. The number of nitrogens with zero attached hydrogens (tertiary/aromatic N) is 5. The summed E-state index contributed by atoms with van der Waals surface area (Å²) in [5.74, 6) is 0.828. The van der Waals surface area contributed by atoms with Crippen LogP contribution in [0.25, 0.3) is 0 Å². The second-order valence-electron chi connectivity index (χ2n) is 8.44. The number of carbonyl (C=O) groups is 1. The molecule has 5 rings (SSSR count).